The van der Waals surface area contributed by atoms with Gasteiger partial charge in [-0.1, -0.05) is 52.1 Å². The largest absolute Gasteiger partial charge is 0.354 e. The van der Waals surface area contributed by atoms with Gasteiger partial charge in [-0.05, 0) is 30.3 Å². The molecular formula is C18H10Cl3N3OS. The Kier molecular flexibility index (Phi) is 4.87. The number of hydrogen-bond acceptors (Lipinski definition) is 5. The molecule has 4 rings (SSSR count). The first-order chi connectivity index (χ1) is 12.6. The van der Waals surface area contributed by atoms with Gasteiger partial charge in [0.25, 0.3) is 0 Å². The number of nitrogens with zero attached hydrogens (tertiary/aromatic N) is 2. The Morgan fingerprint density at radius 2 is 1.77 bits per heavy atom. The molecule has 0 aliphatic heterocycles. The van der Waals surface area contributed by atoms with Crippen molar-refractivity contribution in [3.63, 3.8) is 0 Å². The number of halogens is 3. The molecule has 2 heterocycles. The third kappa shape index (κ3) is 3.57. The van der Waals surface area contributed by atoms with Crippen LogP contribution in [0.4, 0.5) is 10.8 Å². The summed E-state index contributed by atoms with van der Waals surface area (Å²) in [5.41, 5.74) is 2.83. The van der Waals surface area contributed by atoms with E-state index in [-0.39, 0.29) is 0 Å². The molecule has 0 saturated heterocycles. The molecule has 1 N–H and O–H groups in total. The zero-order chi connectivity index (χ0) is 18.1. The minimum atomic E-state index is 0.511. The third-order valence-electron chi connectivity index (χ3n) is 3.59. The van der Waals surface area contributed by atoms with E-state index in [1.165, 1.54) is 11.3 Å². The van der Waals surface area contributed by atoms with Gasteiger partial charge in [0, 0.05) is 22.0 Å². The van der Waals surface area contributed by atoms with E-state index in [9.17, 15) is 0 Å². The van der Waals surface area contributed by atoms with Crippen LogP contribution in [0.1, 0.15) is 0 Å². The average Bonchev–Trinajstić information content (AvgIpc) is 3.26. The van der Waals surface area contributed by atoms with Gasteiger partial charge >= 0.3 is 0 Å². The van der Waals surface area contributed by atoms with Crippen molar-refractivity contribution < 1.29 is 4.52 Å². The molecule has 0 aliphatic rings. The number of anilines is 2. The van der Waals surface area contributed by atoms with Crippen molar-refractivity contribution in [3.8, 4) is 22.7 Å². The van der Waals surface area contributed by atoms with Crippen LogP contribution >= 0.6 is 46.1 Å². The summed E-state index contributed by atoms with van der Waals surface area (Å²) in [5, 5.41) is 11.6. The maximum atomic E-state index is 6.23. The number of rotatable bonds is 4. The molecule has 130 valence electrons. The van der Waals surface area contributed by atoms with E-state index < -0.39 is 0 Å². The number of thiazole rings is 1. The van der Waals surface area contributed by atoms with Crippen molar-refractivity contribution in [2.45, 2.75) is 0 Å². The highest BCUT2D eigenvalue weighted by Crippen LogP contribution is 2.34. The van der Waals surface area contributed by atoms with E-state index in [2.05, 4.69) is 15.5 Å². The van der Waals surface area contributed by atoms with E-state index in [0.717, 1.165) is 11.3 Å². The van der Waals surface area contributed by atoms with Crippen LogP contribution in [-0.2, 0) is 0 Å². The number of para-hydroxylation sites is 1. The van der Waals surface area contributed by atoms with E-state index in [4.69, 9.17) is 39.3 Å². The summed E-state index contributed by atoms with van der Waals surface area (Å²) in [6.07, 6.45) is 0. The Balaban J connectivity index is 1.59. The van der Waals surface area contributed by atoms with Gasteiger partial charge in [0.05, 0.1) is 15.7 Å². The lowest BCUT2D eigenvalue weighted by Gasteiger charge is -2.03. The second kappa shape index (κ2) is 7.29. The van der Waals surface area contributed by atoms with Gasteiger partial charge in [0.15, 0.2) is 10.9 Å². The third-order valence-corrected chi connectivity index (χ3v) is 5.22. The van der Waals surface area contributed by atoms with Crippen molar-refractivity contribution in [3.05, 3.63) is 69.0 Å². The maximum Gasteiger partial charge on any atom is 0.187 e. The van der Waals surface area contributed by atoms with Gasteiger partial charge in [0.2, 0.25) is 0 Å². The van der Waals surface area contributed by atoms with Gasteiger partial charge in [-0.3, -0.25) is 0 Å². The SMILES string of the molecule is Clc1ccc(-c2cc(-c3csc(Nc4ccccc4Cl)n3)on2)c(Cl)c1. The molecule has 0 spiro atoms. The molecule has 26 heavy (non-hydrogen) atoms. The van der Waals surface area contributed by atoms with Crippen LogP contribution in [0.25, 0.3) is 22.7 Å². The van der Waals surface area contributed by atoms with Gasteiger partial charge < -0.3 is 9.84 Å². The Morgan fingerprint density at radius 3 is 2.58 bits per heavy atom. The fraction of sp³-hybridized carbons (Fsp3) is 0. The lowest BCUT2D eigenvalue weighted by atomic mass is 10.1. The fourth-order valence-electron chi connectivity index (χ4n) is 2.34. The topological polar surface area (TPSA) is 51.0 Å². The smallest absolute Gasteiger partial charge is 0.187 e. The first kappa shape index (κ1) is 17.4. The highest BCUT2D eigenvalue weighted by atomic mass is 35.5. The normalized spacial score (nSPS) is 10.9. The standard InChI is InChI=1S/C18H10Cl3N3OS/c19-10-5-6-11(13(21)7-10)15-8-17(25-24-15)16-9-26-18(23-16)22-14-4-2-1-3-12(14)20/h1-9H,(H,22,23). The molecule has 2 aromatic carbocycles. The van der Waals surface area contributed by atoms with E-state index in [1.54, 1.807) is 24.3 Å². The Bertz CT molecular complexity index is 1080. The molecule has 2 aromatic heterocycles. The van der Waals surface area contributed by atoms with Crippen LogP contribution in [0.2, 0.25) is 15.1 Å². The van der Waals surface area contributed by atoms with E-state index in [1.807, 2.05) is 29.6 Å². The van der Waals surface area contributed by atoms with Gasteiger partial charge in [-0.2, -0.15) is 0 Å². The monoisotopic (exact) mass is 421 g/mol. The van der Waals surface area contributed by atoms with Crippen molar-refractivity contribution in [2.75, 3.05) is 5.32 Å². The minimum absolute atomic E-state index is 0.511. The zero-order valence-corrected chi connectivity index (χ0v) is 16.1. The minimum Gasteiger partial charge on any atom is -0.354 e. The highest BCUT2D eigenvalue weighted by Gasteiger charge is 2.14. The molecule has 0 atom stereocenters. The summed E-state index contributed by atoms with van der Waals surface area (Å²) in [6, 6.07) is 14.5. The van der Waals surface area contributed by atoms with Crippen LogP contribution in [0.3, 0.4) is 0 Å². The number of aromatic nitrogens is 2. The lowest BCUT2D eigenvalue weighted by Crippen LogP contribution is -1.89. The molecule has 4 nitrogen and oxygen atoms in total. The van der Waals surface area contributed by atoms with Crippen molar-refractivity contribution in [2.24, 2.45) is 0 Å². The van der Waals surface area contributed by atoms with Gasteiger partial charge in [-0.25, -0.2) is 4.98 Å². The van der Waals surface area contributed by atoms with Crippen LogP contribution in [0.5, 0.6) is 0 Å². The summed E-state index contributed by atoms with van der Waals surface area (Å²) < 4.78 is 5.43. The molecule has 0 saturated carbocycles. The molecule has 0 unspecified atom stereocenters. The molecule has 4 aromatic rings. The molecular weight excluding hydrogens is 413 g/mol. The summed E-state index contributed by atoms with van der Waals surface area (Å²) >= 11 is 19.8. The highest BCUT2D eigenvalue weighted by molar-refractivity contribution is 7.14. The van der Waals surface area contributed by atoms with E-state index in [0.29, 0.717) is 37.3 Å². The number of hydrogen-bond donors (Lipinski definition) is 1. The average molecular weight is 423 g/mol. The summed E-state index contributed by atoms with van der Waals surface area (Å²) in [5.74, 6) is 0.550. The molecule has 0 fully saturated rings. The van der Waals surface area contributed by atoms with Crippen molar-refractivity contribution in [1.29, 1.82) is 0 Å². The second-order valence-corrected chi connectivity index (χ2v) is 7.45. The second-order valence-electron chi connectivity index (χ2n) is 5.34. The van der Waals surface area contributed by atoms with Crippen LogP contribution in [0, 0.1) is 0 Å². The Morgan fingerprint density at radius 1 is 0.923 bits per heavy atom. The van der Waals surface area contributed by atoms with E-state index >= 15 is 0 Å². The van der Waals surface area contributed by atoms with Gasteiger partial charge in [0.1, 0.15) is 11.4 Å². The van der Waals surface area contributed by atoms with Gasteiger partial charge in [-0.15, -0.1) is 11.3 Å². The van der Waals surface area contributed by atoms with Crippen LogP contribution < -0.4 is 5.32 Å². The lowest BCUT2D eigenvalue weighted by molar-refractivity contribution is 0.434. The molecule has 0 aliphatic carbocycles. The summed E-state index contributed by atoms with van der Waals surface area (Å²) in [6.45, 7) is 0. The Labute approximate surface area is 168 Å². The predicted octanol–water partition coefficient (Wildman–Crippen LogP) is 7.17. The molecule has 8 heteroatoms. The molecule has 0 radical (unpaired) electrons. The van der Waals surface area contributed by atoms with Crippen LogP contribution in [-0.4, -0.2) is 10.1 Å². The fourth-order valence-corrected chi connectivity index (χ4v) is 3.74. The summed E-state index contributed by atoms with van der Waals surface area (Å²) in [7, 11) is 0. The molecule has 0 amide bonds. The quantitative estimate of drug-likeness (QED) is 0.379. The predicted molar refractivity (Wildman–Crippen MR) is 108 cm³/mol. The Hall–Kier alpha value is -2.05. The maximum absolute atomic E-state index is 6.23. The molecule has 0 bridgehead atoms. The zero-order valence-electron chi connectivity index (χ0n) is 13.0. The summed E-state index contributed by atoms with van der Waals surface area (Å²) in [4.78, 5) is 4.52. The number of benzene rings is 2. The van der Waals surface area contributed by atoms with Crippen molar-refractivity contribution in [1.82, 2.24) is 10.1 Å². The number of nitrogens with one attached hydrogen (secondary N) is 1. The van der Waals surface area contributed by atoms with Crippen molar-refractivity contribution >= 4 is 57.0 Å². The first-order valence-electron chi connectivity index (χ1n) is 7.50. The van der Waals surface area contributed by atoms with Crippen LogP contribution in [0.15, 0.2) is 58.4 Å². The first-order valence-corrected chi connectivity index (χ1v) is 9.51.